The summed E-state index contributed by atoms with van der Waals surface area (Å²) in [6, 6.07) is 19.9. The second kappa shape index (κ2) is 9.32. The van der Waals surface area contributed by atoms with Gasteiger partial charge in [0.1, 0.15) is 18.4 Å². The maximum absolute atomic E-state index is 12.5. The lowest BCUT2D eigenvalue weighted by Gasteiger charge is -2.18. The summed E-state index contributed by atoms with van der Waals surface area (Å²) in [6.07, 6.45) is -0.798. The first-order chi connectivity index (χ1) is 15.5. The second-order valence-corrected chi connectivity index (χ2v) is 7.88. The number of carbonyl (C=O) groups is 2. The molecule has 0 radical (unpaired) electrons. The molecule has 6 nitrogen and oxygen atoms in total. The summed E-state index contributed by atoms with van der Waals surface area (Å²) < 4.78 is 10.6. The summed E-state index contributed by atoms with van der Waals surface area (Å²) in [5, 5.41) is 12.4. The number of benzene rings is 3. The largest absolute Gasteiger partial charge is 0.495 e. The van der Waals surface area contributed by atoms with Gasteiger partial charge in [-0.2, -0.15) is 0 Å². The third-order valence-electron chi connectivity index (χ3n) is 5.62. The molecule has 0 aliphatic heterocycles. The average molecular weight is 452 g/mol. The summed E-state index contributed by atoms with van der Waals surface area (Å²) in [7, 11) is 1.48. The van der Waals surface area contributed by atoms with Gasteiger partial charge < -0.3 is 19.9 Å². The number of nitrogens with one attached hydrogen (secondary N) is 1. The maximum atomic E-state index is 12.5. The zero-order valence-corrected chi connectivity index (χ0v) is 18.1. The molecule has 164 valence electrons. The van der Waals surface area contributed by atoms with Crippen LogP contribution in [0.25, 0.3) is 11.1 Å². The number of hydrogen-bond donors (Lipinski definition) is 2. The number of carboxylic acids is 1. The molecule has 0 saturated carbocycles. The normalized spacial score (nSPS) is 13.1. The molecular formula is C25H22ClNO5. The zero-order valence-electron chi connectivity index (χ0n) is 17.4. The molecule has 1 aliphatic rings. The van der Waals surface area contributed by atoms with Crippen LogP contribution >= 0.6 is 11.6 Å². The number of amides is 1. The smallest absolute Gasteiger partial charge is 0.407 e. The van der Waals surface area contributed by atoms with E-state index in [1.54, 1.807) is 18.2 Å². The fourth-order valence-electron chi connectivity index (χ4n) is 4.07. The standard InChI is InChI=1S/C25H22ClNO5/c1-31-22-12-6-7-15(23(22)26)13-21(24(28)29)27-25(30)32-14-20-18-10-4-2-8-16(18)17-9-3-5-11-19(17)20/h2-12,20-21H,13-14H2,1H3,(H,27,30)(H,28,29). The molecule has 1 atom stereocenters. The Labute approximate surface area is 190 Å². The van der Waals surface area contributed by atoms with Crippen molar-refractivity contribution in [1.82, 2.24) is 5.32 Å². The lowest BCUT2D eigenvalue weighted by Crippen LogP contribution is -2.43. The van der Waals surface area contributed by atoms with Gasteiger partial charge in [0, 0.05) is 12.3 Å². The highest BCUT2D eigenvalue weighted by Crippen LogP contribution is 2.44. The first-order valence-electron chi connectivity index (χ1n) is 10.1. The molecule has 1 unspecified atom stereocenters. The number of aliphatic carboxylic acids is 1. The van der Waals surface area contributed by atoms with Crippen molar-refractivity contribution in [2.75, 3.05) is 13.7 Å². The molecule has 7 heteroatoms. The van der Waals surface area contributed by atoms with Crippen LogP contribution in [0.15, 0.2) is 66.7 Å². The maximum Gasteiger partial charge on any atom is 0.407 e. The number of ether oxygens (including phenoxy) is 2. The predicted octanol–water partition coefficient (Wildman–Crippen LogP) is 4.88. The number of methoxy groups -OCH3 is 1. The van der Waals surface area contributed by atoms with Crippen molar-refractivity contribution in [3.8, 4) is 16.9 Å². The first-order valence-corrected chi connectivity index (χ1v) is 10.5. The minimum absolute atomic E-state index is 0.00440. The van der Waals surface area contributed by atoms with Crippen molar-refractivity contribution >= 4 is 23.7 Å². The molecule has 0 heterocycles. The van der Waals surface area contributed by atoms with E-state index >= 15 is 0 Å². The average Bonchev–Trinajstić information content (AvgIpc) is 3.12. The van der Waals surface area contributed by atoms with E-state index in [0.717, 1.165) is 22.3 Å². The van der Waals surface area contributed by atoms with Crippen molar-refractivity contribution in [3.05, 3.63) is 88.4 Å². The molecule has 0 saturated heterocycles. The Morgan fingerprint density at radius 3 is 2.22 bits per heavy atom. The Kier molecular flexibility index (Phi) is 6.32. The van der Waals surface area contributed by atoms with Gasteiger partial charge in [-0.1, -0.05) is 72.3 Å². The van der Waals surface area contributed by atoms with E-state index in [9.17, 15) is 14.7 Å². The number of rotatable bonds is 7. The second-order valence-electron chi connectivity index (χ2n) is 7.50. The molecule has 4 rings (SSSR count). The number of fused-ring (bicyclic) bond motifs is 3. The summed E-state index contributed by atoms with van der Waals surface area (Å²) in [4.78, 5) is 24.2. The van der Waals surface area contributed by atoms with Gasteiger partial charge in [-0.25, -0.2) is 9.59 Å². The summed E-state index contributed by atoms with van der Waals surface area (Å²) in [5.74, 6) is -0.851. The lowest BCUT2D eigenvalue weighted by molar-refractivity contribution is -0.139. The molecule has 3 aromatic carbocycles. The van der Waals surface area contributed by atoms with Gasteiger partial charge in [0.15, 0.2) is 0 Å². The van der Waals surface area contributed by atoms with Crippen LogP contribution in [0.2, 0.25) is 5.02 Å². The van der Waals surface area contributed by atoms with Crippen molar-refractivity contribution in [2.24, 2.45) is 0 Å². The van der Waals surface area contributed by atoms with Crippen LogP contribution in [0.1, 0.15) is 22.6 Å². The van der Waals surface area contributed by atoms with E-state index < -0.39 is 18.1 Å². The van der Waals surface area contributed by atoms with Crippen LogP contribution < -0.4 is 10.1 Å². The highest BCUT2D eigenvalue weighted by molar-refractivity contribution is 6.32. The Morgan fingerprint density at radius 1 is 1.00 bits per heavy atom. The number of carbonyl (C=O) groups excluding carboxylic acids is 1. The highest BCUT2D eigenvalue weighted by atomic mass is 35.5. The first kappa shape index (κ1) is 21.7. The molecule has 1 aliphatic carbocycles. The van der Waals surface area contributed by atoms with Crippen LogP contribution in [0.5, 0.6) is 5.75 Å². The molecular weight excluding hydrogens is 430 g/mol. The van der Waals surface area contributed by atoms with Crippen LogP contribution in [-0.4, -0.2) is 36.9 Å². The quantitative estimate of drug-likeness (QED) is 0.534. The Balaban J connectivity index is 1.45. The monoisotopic (exact) mass is 451 g/mol. The third kappa shape index (κ3) is 4.27. The van der Waals surface area contributed by atoms with Gasteiger partial charge in [-0.15, -0.1) is 0 Å². The number of halogens is 1. The van der Waals surface area contributed by atoms with Crippen LogP contribution in [0.3, 0.4) is 0 Å². The van der Waals surface area contributed by atoms with Crippen molar-refractivity contribution < 1.29 is 24.2 Å². The molecule has 3 aromatic rings. The predicted molar refractivity (Wildman–Crippen MR) is 121 cm³/mol. The molecule has 0 spiro atoms. The van der Waals surface area contributed by atoms with Gasteiger partial charge in [0.2, 0.25) is 0 Å². The number of carboxylic acid groups (broad SMARTS) is 1. The van der Waals surface area contributed by atoms with Crippen LogP contribution in [0.4, 0.5) is 4.79 Å². The minimum atomic E-state index is -1.20. The summed E-state index contributed by atoms with van der Waals surface area (Å²) in [5.41, 5.74) is 4.96. The van der Waals surface area contributed by atoms with Gasteiger partial charge >= 0.3 is 12.1 Å². The molecule has 1 amide bonds. The topological polar surface area (TPSA) is 84.9 Å². The zero-order chi connectivity index (χ0) is 22.7. The van der Waals surface area contributed by atoms with Crippen molar-refractivity contribution in [1.29, 1.82) is 0 Å². The van der Waals surface area contributed by atoms with Crippen molar-refractivity contribution in [2.45, 2.75) is 18.4 Å². The fourth-order valence-corrected chi connectivity index (χ4v) is 4.35. The molecule has 0 aromatic heterocycles. The van der Waals surface area contributed by atoms with E-state index in [4.69, 9.17) is 21.1 Å². The Bertz CT molecular complexity index is 1120. The Hall–Kier alpha value is -3.51. The van der Waals surface area contributed by atoms with Crippen molar-refractivity contribution in [3.63, 3.8) is 0 Å². The molecule has 0 bridgehead atoms. The van der Waals surface area contributed by atoms with E-state index in [1.165, 1.54) is 7.11 Å². The van der Waals surface area contributed by atoms with Gasteiger partial charge in [-0.05, 0) is 33.9 Å². The van der Waals surface area contributed by atoms with E-state index in [0.29, 0.717) is 16.3 Å². The summed E-state index contributed by atoms with van der Waals surface area (Å²) in [6.45, 7) is 0.103. The van der Waals surface area contributed by atoms with E-state index in [1.807, 2.05) is 48.5 Å². The SMILES string of the molecule is COc1cccc(CC(NC(=O)OCC2c3ccccc3-c3ccccc32)C(=O)O)c1Cl. The fraction of sp³-hybridized carbons (Fsp3) is 0.200. The van der Waals surface area contributed by atoms with Crippen LogP contribution in [-0.2, 0) is 16.0 Å². The number of alkyl carbamates (subject to hydrolysis) is 1. The lowest BCUT2D eigenvalue weighted by atomic mass is 9.98. The highest BCUT2D eigenvalue weighted by Gasteiger charge is 2.30. The van der Waals surface area contributed by atoms with Gasteiger partial charge in [0.05, 0.1) is 12.1 Å². The van der Waals surface area contributed by atoms with Crippen LogP contribution in [0, 0.1) is 0 Å². The van der Waals surface area contributed by atoms with E-state index in [2.05, 4.69) is 5.32 Å². The minimum Gasteiger partial charge on any atom is -0.495 e. The Morgan fingerprint density at radius 2 is 1.62 bits per heavy atom. The molecule has 32 heavy (non-hydrogen) atoms. The summed E-state index contributed by atoms with van der Waals surface area (Å²) >= 11 is 6.28. The number of hydrogen-bond acceptors (Lipinski definition) is 4. The molecule has 0 fully saturated rings. The van der Waals surface area contributed by atoms with E-state index in [-0.39, 0.29) is 18.9 Å². The van der Waals surface area contributed by atoms with Gasteiger partial charge in [-0.3, -0.25) is 0 Å². The van der Waals surface area contributed by atoms with Gasteiger partial charge in [0.25, 0.3) is 0 Å². The third-order valence-corrected chi connectivity index (χ3v) is 6.05. The molecule has 2 N–H and O–H groups in total.